The van der Waals surface area contributed by atoms with Gasteiger partial charge in [0.05, 0.1) is 5.16 Å². The summed E-state index contributed by atoms with van der Waals surface area (Å²) in [6.07, 6.45) is 4.95. The van der Waals surface area contributed by atoms with Crippen molar-refractivity contribution < 1.29 is 4.39 Å². The lowest BCUT2D eigenvalue weighted by Gasteiger charge is -2.11. The van der Waals surface area contributed by atoms with Crippen LogP contribution in [0.4, 0.5) is 10.1 Å². The van der Waals surface area contributed by atoms with E-state index in [9.17, 15) is 4.39 Å². The number of rotatable bonds is 8. The summed E-state index contributed by atoms with van der Waals surface area (Å²) >= 11 is 4.57. The zero-order valence-electron chi connectivity index (χ0n) is 19.6. The standard InChI is InChI=1S/C31H28FNS/c1-3-4-5-6-23-7-9-24(10-8-23)27-15-17-29(22(2)19-27)26-13-11-25(12-14-26)28-16-18-31(33-21-34)30(32)20-28/h7-20H,3-6H2,1-2H3. The quantitative estimate of drug-likeness (QED) is 0.143. The number of hydrogen-bond acceptors (Lipinski definition) is 2. The van der Waals surface area contributed by atoms with Gasteiger partial charge in [0.25, 0.3) is 0 Å². The molecule has 0 saturated heterocycles. The van der Waals surface area contributed by atoms with E-state index in [1.807, 2.05) is 18.2 Å². The Morgan fingerprint density at radius 2 is 1.32 bits per heavy atom. The first-order valence-electron chi connectivity index (χ1n) is 11.8. The summed E-state index contributed by atoms with van der Waals surface area (Å²) in [4.78, 5) is 3.74. The lowest BCUT2D eigenvalue weighted by molar-refractivity contribution is 0.630. The van der Waals surface area contributed by atoms with Gasteiger partial charge in [-0.3, -0.25) is 0 Å². The van der Waals surface area contributed by atoms with Crippen LogP contribution in [0, 0.1) is 12.7 Å². The van der Waals surface area contributed by atoms with E-state index >= 15 is 0 Å². The first kappa shape index (κ1) is 23.8. The Labute approximate surface area is 207 Å². The normalized spacial score (nSPS) is 10.7. The van der Waals surface area contributed by atoms with Gasteiger partial charge in [-0.2, -0.15) is 4.99 Å². The van der Waals surface area contributed by atoms with E-state index in [4.69, 9.17) is 0 Å². The molecule has 0 radical (unpaired) electrons. The van der Waals surface area contributed by atoms with Crippen LogP contribution in [0.1, 0.15) is 37.3 Å². The van der Waals surface area contributed by atoms with Gasteiger partial charge in [0.1, 0.15) is 11.5 Å². The Kier molecular flexibility index (Phi) is 7.80. The highest BCUT2D eigenvalue weighted by atomic mass is 32.1. The average Bonchev–Trinajstić information content (AvgIpc) is 2.86. The summed E-state index contributed by atoms with van der Waals surface area (Å²) in [5.74, 6) is -0.403. The minimum Gasteiger partial charge on any atom is -0.205 e. The number of aryl methyl sites for hydroxylation is 2. The van der Waals surface area contributed by atoms with Crippen molar-refractivity contribution in [2.75, 3.05) is 0 Å². The lowest BCUT2D eigenvalue weighted by Crippen LogP contribution is -1.88. The molecular weight excluding hydrogens is 437 g/mol. The molecule has 0 saturated carbocycles. The fraction of sp³-hybridized carbons (Fsp3) is 0.194. The molecule has 0 amide bonds. The maximum Gasteiger partial charge on any atom is 0.150 e. The molecule has 3 heteroatoms. The number of unbranched alkanes of at least 4 members (excludes halogenated alkanes) is 2. The fourth-order valence-electron chi connectivity index (χ4n) is 4.28. The van der Waals surface area contributed by atoms with Gasteiger partial charge < -0.3 is 0 Å². The first-order valence-corrected chi connectivity index (χ1v) is 12.2. The van der Waals surface area contributed by atoms with E-state index in [0.29, 0.717) is 0 Å². The van der Waals surface area contributed by atoms with E-state index in [1.54, 1.807) is 6.07 Å². The highest BCUT2D eigenvalue weighted by molar-refractivity contribution is 7.78. The van der Waals surface area contributed by atoms with Gasteiger partial charge >= 0.3 is 0 Å². The summed E-state index contributed by atoms with van der Waals surface area (Å²) in [5, 5.41) is 2.21. The number of aliphatic imine (C=N–C) groups is 1. The van der Waals surface area contributed by atoms with Gasteiger partial charge in [-0.15, -0.1) is 0 Å². The van der Waals surface area contributed by atoms with Gasteiger partial charge in [-0.05, 0) is 88.6 Å². The smallest absolute Gasteiger partial charge is 0.150 e. The molecular formula is C31H28FNS. The molecule has 0 aromatic heterocycles. The van der Waals surface area contributed by atoms with Crippen molar-refractivity contribution >= 4 is 23.1 Å². The predicted octanol–water partition coefficient (Wildman–Crippen LogP) is 9.60. The van der Waals surface area contributed by atoms with E-state index in [2.05, 4.69) is 90.8 Å². The predicted molar refractivity (Wildman–Crippen MR) is 145 cm³/mol. The minimum atomic E-state index is -0.403. The van der Waals surface area contributed by atoms with Crippen LogP contribution in [0.5, 0.6) is 0 Å². The Morgan fingerprint density at radius 3 is 1.94 bits per heavy atom. The summed E-state index contributed by atoms with van der Waals surface area (Å²) < 4.78 is 14.2. The maximum atomic E-state index is 14.2. The van der Waals surface area contributed by atoms with Crippen LogP contribution in [0.15, 0.2) is 89.9 Å². The minimum absolute atomic E-state index is 0.206. The third-order valence-electron chi connectivity index (χ3n) is 6.23. The molecule has 0 aliphatic rings. The highest BCUT2D eigenvalue weighted by Gasteiger charge is 2.08. The Balaban J connectivity index is 1.52. The van der Waals surface area contributed by atoms with Gasteiger partial charge in [0.2, 0.25) is 0 Å². The number of nitrogens with zero attached hydrogens (tertiary/aromatic N) is 1. The molecule has 170 valence electrons. The highest BCUT2D eigenvalue weighted by Crippen LogP contribution is 2.31. The second kappa shape index (κ2) is 11.2. The zero-order chi connectivity index (χ0) is 23.9. The average molecular weight is 466 g/mol. The van der Waals surface area contributed by atoms with Gasteiger partial charge in [-0.1, -0.05) is 92.6 Å². The van der Waals surface area contributed by atoms with Crippen LogP contribution in [0.25, 0.3) is 33.4 Å². The molecule has 0 heterocycles. The molecule has 0 N–H and O–H groups in total. The topological polar surface area (TPSA) is 12.4 Å². The molecule has 0 aliphatic heterocycles. The zero-order valence-corrected chi connectivity index (χ0v) is 20.5. The number of halogens is 1. The monoisotopic (exact) mass is 465 g/mol. The van der Waals surface area contributed by atoms with Crippen molar-refractivity contribution in [2.45, 2.75) is 39.5 Å². The molecule has 0 fully saturated rings. The second-order valence-corrected chi connectivity index (χ2v) is 8.81. The summed E-state index contributed by atoms with van der Waals surface area (Å²) in [6, 6.07) is 28.8. The van der Waals surface area contributed by atoms with Crippen LogP contribution in [-0.4, -0.2) is 5.16 Å². The van der Waals surface area contributed by atoms with Crippen LogP contribution in [0.3, 0.4) is 0 Å². The van der Waals surface area contributed by atoms with Crippen LogP contribution in [0.2, 0.25) is 0 Å². The number of benzene rings is 4. The molecule has 4 aromatic carbocycles. The third kappa shape index (κ3) is 5.56. The number of thiocarbonyl (C=S) groups is 1. The number of hydrogen-bond donors (Lipinski definition) is 0. The lowest BCUT2D eigenvalue weighted by atomic mass is 9.94. The molecule has 4 aromatic rings. The maximum absolute atomic E-state index is 14.2. The van der Waals surface area contributed by atoms with Crippen LogP contribution < -0.4 is 0 Å². The molecule has 4 rings (SSSR count). The molecule has 0 unspecified atom stereocenters. The van der Waals surface area contributed by atoms with Gasteiger partial charge in [0.15, 0.2) is 0 Å². The summed E-state index contributed by atoms with van der Waals surface area (Å²) in [6.45, 7) is 4.39. The third-order valence-corrected chi connectivity index (χ3v) is 6.32. The van der Waals surface area contributed by atoms with Gasteiger partial charge in [0, 0.05) is 0 Å². The molecule has 1 nitrogen and oxygen atoms in total. The van der Waals surface area contributed by atoms with Crippen LogP contribution >= 0.6 is 12.2 Å². The molecule has 0 bridgehead atoms. The van der Waals surface area contributed by atoms with E-state index in [1.165, 1.54) is 53.1 Å². The molecule has 0 spiro atoms. The number of isothiocyanates is 1. The molecule has 0 aliphatic carbocycles. The largest absolute Gasteiger partial charge is 0.205 e. The van der Waals surface area contributed by atoms with Crippen molar-refractivity contribution in [2.24, 2.45) is 4.99 Å². The molecule has 0 atom stereocenters. The SMILES string of the molecule is CCCCCc1ccc(-c2ccc(-c3ccc(-c4ccc(N=C=S)c(F)c4)cc3)c(C)c2)cc1. The van der Waals surface area contributed by atoms with Crippen molar-refractivity contribution in [3.05, 3.63) is 102 Å². The van der Waals surface area contributed by atoms with Crippen LogP contribution in [-0.2, 0) is 6.42 Å². The second-order valence-electron chi connectivity index (χ2n) is 8.63. The summed E-state index contributed by atoms with van der Waals surface area (Å²) in [5.41, 5.74) is 9.41. The Bertz CT molecular complexity index is 1320. The van der Waals surface area contributed by atoms with Crippen molar-refractivity contribution in [3.63, 3.8) is 0 Å². The fourth-order valence-corrected chi connectivity index (χ4v) is 4.38. The van der Waals surface area contributed by atoms with Crippen molar-refractivity contribution in [3.8, 4) is 33.4 Å². The van der Waals surface area contributed by atoms with Crippen molar-refractivity contribution in [1.82, 2.24) is 0 Å². The van der Waals surface area contributed by atoms with E-state index < -0.39 is 5.82 Å². The van der Waals surface area contributed by atoms with E-state index in [0.717, 1.165) is 23.1 Å². The van der Waals surface area contributed by atoms with Gasteiger partial charge in [-0.25, -0.2) is 4.39 Å². The van der Waals surface area contributed by atoms with Crippen molar-refractivity contribution in [1.29, 1.82) is 0 Å². The summed E-state index contributed by atoms with van der Waals surface area (Å²) in [7, 11) is 0. The van der Waals surface area contributed by atoms with E-state index in [-0.39, 0.29) is 5.69 Å². The molecule has 34 heavy (non-hydrogen) atoms. The Hall–Kier alpha value is -3.39. The first-order chi connectivity index (χ1) is 16.6. The Morgan fingerprint density at radius 1 is 0.735 bits per heavy atom.